The molecule has 1 amide bonds. The molecule has 3 aromatic rings. The van der Waals surface area contributed by atoms with E-state index in [1.807, 2.05) is 53.6 Å². The van der Waals surface area contributed by atoms with Crippen LogP contribution in [0, 0.1) is 0 Å². The monoisotopic (exact) mass is 478 g/mol. The summed E-state index contributed by atoms with van der Waals surface area (Å²) in [5.74, 6) is 1.83. The van der Waals surface area contributed by atoms with E-state index in [1.165, 1.54) is 4.90 Å². The number of nitrogens with zero attached hydrogens (tertiary/aromatic N) is 5. The molecule has 1 fully saturated rings. The highest BCUT2D eigenvalue weighted by atomic mass is 32.2. The number of anilines is 1. The molecule has 7 nitrogen and oxygen atoms in total. The summed E-state index contributed by atoms with van der Waals surface area (Å²) in [7, 11) is 4.18. The van der Waals surface area contributed by atoms with Gasteiger partial charge in [-0.3, -0.25) is 9.69 Å². The first-order chi connectivity index (χ1) is 16.5. The highest BCUT2D eigenvalue weighted by molar-refractivity contribution is 7.98. The van der Waals surface area contributed by atoms with Crippen molar-refractivity contribution < 1.29 is 4.79 Å². The molecule has 34 heavy (non-hydrogen) atoms. The lowest BCUT2D eigenvalue weighted by Crippen LogP contribution is -2.48. The van der Waals surface area contributed by atoms with Crippen LogP contribution in [0.4, 0.5) is 5.82 Å². The SMILES string of the molecule is CSc1ccc(C(=O)N2CCN(Cc3nc(NCCCN(C)C)c4ccccc4n3)CC2)cc1. The van der Waals surface area contributed by atoms with E-state index in [0.29, 0.717) is 19.6 Å². The molecule has 0 saturated carbocycles. The Hall–Kier alpha value is -2.68. The van der Waals surface area contributed by atoms with Gasteiger partial charge in [0.25, 0.3) is 5.91 Å². The van der Waals surface area contributed by atoms with Crippen LogP contribution >= 0.6 is 11.8 Å². The molecule has 0 bridgehead atoms. The molecule has 0 spiro atoms. The zero-order chi connectivity index (χ0) is 23.9. The Morgan fingerprint density at radius 2 is 1.76 bits per heavy atom. The van der Waals surface area contributed by atoms with E-state index in [0.717, 1.165) is 60.7 Å². The van der Waals surface area contributed by atoms with Gasteiger partial charge in [0.15, 0.2) is 0 Å². The van der Waals surface area contributed by atoms with Crippen LogP contribution in [0.3, 0.4) is 0 Å². The van der Waals surface area contributed by atoms with E-state index < -0.39 is 0 Å². The Morgan fingerprint density at radius 1 is 1.03 bits per heavy atom. The van der Waals surface area contributed by atoms with Crippen LogP contribution in [0.5, 0.6) is 0 Å². The maximum atomic E-state index is 12.9. The van der Waals surface area contributed by atoms with Crippen LogP contribution in [-0.4, -0.2) is 90.2 Å². The molecular weight excluding hydrogens is 444 g/mol. The zero-order valence-corrected chi connectivity index (χ0v) is 21.1. The second kappa shape index (κ2) is 11.6. The van der Waals surface area contributed by atoms with Crippen molar-refractivity contribution in [2.45, 2.75) is 17.9 Å². The smallest absolute Gasteiger partial charge is 0.253 e. The molecule has 0 aliphatic carbocycles. The average Bonchev–Trinajstić information content (AvgIpc) is 2.86. The number of benzene rings is 2. The van der Waals surface area contributed by atoms with Crippen molar-refractivity contribution in [2.24, 2.45) is 0 Å². The summed E-state index contributed by atoms with van der Waals surface area (Å²) in [6.45, 7) is 5.65. The standard InChI is InChI=1S/C26H34N6OS/c1-30(2)14-6-13-27-25-22-7-4-5-8-23(22)28-24(29-25)19-31-15-17-32(18-16-31)26(33)20-9-11-21(34-3)12-10-20/h4-5,7-12H,6,13-19H2,1-3H3,(H,27,28,29). The van der Waals surface area contributed by atoms with Crippen LogP contribution in [0.15, 0.2) is 53.4 Å². The molecule has 2 aromatic carbocycles. The number of amides is 1. The third-order valence-corrected chi connectivity index (χ3v) is 6.83. The van der Waals surface area contributed by atoms with E-state index in [1.54, 1.807) is 11.8 Å². The number of piperazine rings is 1. The van der Waals surface area contributed by atoms with Crippen LogP contribution < -0.4 is 5.32 Å². The summed E-state index contributed by atoms with van der Waals surface area (Å²) in [5, 5.41) is 4.57. The molecule has 1 aliphatic rings. The van der Waals surface area contributed by atoms with Gasteiger partial charge in [-0.05, 0) is 69.7 Å². The van der Waals surface area contributed by atoms with Gasteiger partial charge in [0.2, 0.25) is 0 Å². The molecule has 2 heterocycles. The highest BCUT2D eigenvalue weighted by Crippen LogP contribution is 2.21. The number of carbonyl (C=O) groups excluding carboxylic acids is 1. The lowest BCUT2D eigenvalue weighted by Gasteiger charge is -2.34. The molecular formula is C26H34N6OS. The minimum Gasteiger partial charge on any atom is -0.369 e. The first-order valence-electron chi connectivity index (χ1n) is 11.8. The van der Waals surface area contributed by atoms with E-state index in [-0.39, 0.29) is 5.91 Å². The Morgan fingerprint density at radius 3 is 2.47 bits per heavy atom. The van der Waals surface area contributed by atoms with Gasteiger partial charge in [-0.1, -0.05) is 12.1 Å². The second-order valence-corrected chi connectivity index (χ2v) is 9.77. The maximum absolute atomic E-state index is 12.9. The van der Waals surface area contributed by atoms with Gasteiger partial charge in [-0.2, -0.15) is 0 Å². The van der Waals surface area contributed by atoms with E-state index in [2.05, 4.69) is 35.3 Å². The minimum absolute atomic E-state index is 0.110. The molecule has 8 heteroatoms. The quantitative estimate of drug-likeness (QED) is 0.372. The van der Waals surface area contributed by atoms with Crippen LogP contribution in [0.2, 0.25) is 0 Å². The number of thioether (sulfide) groups is 1. The largest absolute Gasteiger partial charge is 0.369 e. The minimum atomic E-state index is 0.110. The summed E-state index contributed by atoms with van der Waals surface area (Å²) in [6.07, 6.45) is 3.09. The fraction of sp³-hybridized carbons (Fsp3) is 0.423. The number of fused-ring (bicyclic) bond motifs is 1. The Labute approximate surface area is 206 Å². The molecule has 0 radical (unpaired) electrons. The summed E-state index contributed by atoms with van der Waals surface area (Å²) in [6, 6.07) is 16.0. The predicted octanol–water partition coefficient (Wildman–Crippen LogP) is 3.67. The molecule has 4 rings (SSSR count). The summed E-state index contributed by atoms with van der Waals surface area (Å²) in [5.41, 5.74) is 1.72. The third kappa shape index (κ3) is 6.25. The maximum Gasteiger partial charge on any atom is 0.253 e. The van der Waals surface area contributed by atoms with Crippen LogP contribution in [0.1, 0.15) is 22.6 Å². The van der Waals surface area contributed by atoms with Crippen molar-refractivity contribution in [1.29, 1.82) is 0 Å². The molecule has 0 atom stereocenters. The van der Waals surface area contributed by atoms with Gasteiger partial charge in [0.1, 0.15) is 11.6 Å². The van der Waals surface area contributed by atoms with Gasteiger partial charge in [0.05, 0.1) is 12.1 Å². The Kier molecular flexibility index (Phi) is 8.37. The lowest BCUT2D eigenvalue weighted by atomic mass is 10.2. The van der Waals surface area contributed by atoms with Gasteiger partial charge < -0.3 is 15.1 Å². The van der Waals surface area contributed by atoms with Gasteiger partial charge in [0, 0.05) is 48.6 Å². The van der Waals surface area contributed by atoms with Gasteiger partial charge in [-0.25, -0.2) is 9.97 Å². The number of hydrogen-bond acceptors (Lipinski definition) is 7. The highest BCUT2D eigenvalue weighted by Gasteiger charge is 2.23. The van der Waals surface area contributed by atoms with Gasteiger partial charge >= 0.3 is 0 Å². The Bertz CT molecular complexity index is 1100. The predicted molar refractivity (Wildman–Crippen MR) is 141 cm³/mol. The number of rotatable bonds is 9. The summed E-state index contributed by atoms with van der Waals surface area (Å²) < 4.78 is 0. The van der Waals surface area contributed by atoms with E-state index in [9.17, 15) is 4.79 Å². The third-order valence-electron chi connectivity index (χ3n) is 6.09. The van der Waals surface area contributed by atoms with Crippen molar-refractivity contribution in [1.82, 2.24) is 24.7 Å². The van der Waals surface area contributed by atoms with Crippen molar-refractivity contribution >= 4 is 34.4 Å². The molecule has 1 aromatic heterocycles. The van der Waals surface area contributed by atoms with Crippen molar-refractivity contribution in [2.75, 3.05) is 64.9 Å². The summed E-state index contributed by atoms with van der Waals surface area (Å²) in [4.78, 5) is 30.2. The molecule has 180 valence electrons. The molecule has 1 saturated heterocycles. The normalized spacial score (nSPS) is 14.6. The van der Waals surface area contributed by atoms with Crippen molar-refractivity contribution in [3.05, 3.63) is 59.9 Å². The number of para-hydroxylation sites is 1. The number of aromatic nitrogens is 2. The lowest BCUT2D eigenvalue weighted by molar-refractivity contribution is 0.0625. The first-order valence-corrected chi connectivity index (χ1v) is 13.1. The van der Waals surface area contributed by atoms with Gasteiger partial charge in [-0.15, -0.1) is 11.8 Å². The Balaban J connectivity index is 1.37. The molecule has 1 aliphatic heterocycles. The summed E-state index contributed by atoms with van der Waals surface area (Å²) >= 11 is 1.68. The second-order valence-electron chi connectivity index (χ2n) is 8.89. The van der Waals surface area contributed by atoms with E-state index in [4.69, 9.17) is 9.97 Å². The molecule has 1 N–H and O–H groups in total. The molecule has 0 unspecified atom stereocenters. The fourth-order valence-corrected chi connectivity index (χ4v) is 4.57. The number of hydrogen-bond donors (Lipinski definition) is 1. The van der Waals surface area contributed by atoms with Crippen molar-refractivity contribution in [3.8, 4) is 0 Å². The first kappa shape index (κ1) is 24.4. The fourth-order valence-electron chi connectivity index (χ4n) is 4.16. The van der Waals surface area contributed by atoms with Crippen LogP contribution in [0.25, 0.3) is 10.9 Å². The van der Waals surface area contributed by atoms with E-state index >= 15 is 0 Å². The number of carbonyl (C=O) groups is 1. The zero-order valence-electron chi connectivity index (χ0n) is 20.3. The van der Waals surface area contributed by atoms with Crippen molar-refractivity contribution in [3.63, 3.8) is 0 Å². The topological polar surface area (TPSA) is 64.6 Å². The number of nitrogens with one attached hydrogen (secondary N) is 1. The van der Waals surface area contributed by atoms with Crippen LogP contribution in [-0.2, 0) is 6.54 Å². The average molecular weight is 479 g/mol.